The van der Waals surface area contributed by atoms with Gasteiger partial charge in [0, 0.05) is 10.4 Å². The van der Waals surface area contributed by atoms with E-state index in [-0.39, 0.29) is 12.1 Å². The molecule has 7 nitrogen and oxygen atoms in total. The third-order valence-electron chi connectivity index (χ3n) is 5.08. The molecule has 1 N–H and O–H groups in total. The Morgan fingerprint density at radius 2 is 2.06 bits per heavy atom. The molecule has 1 amide bonds. The van der Waals surface area contributed by atoms with Crippen molar-refractivity contribution < 1.29 is 9.53 Å². The van der Waals surface area contributed by atoms with Crippen LogP contribution in [0.2, 0.25) is 0 Å². The van der Waals surface area contributed by atoms with E-state index >= 15 is 0 Å². The second kappa shape index (κ2) is 8.69. The number of benzene rings is 2. The first-order valence-electron chi connectivity index (χ1n) is 9.91. The summed E-state index contributed by atoms with van der Waals surface area (Å²) in [6.45, 7) is 6.12. The Kier molecular flexibility index (Phi) is 5.81. The predicted molar refractivity (Wildman–Crippen MR) is 124 cm³/mol. The van der Waals surface area contributed by atoms with E-state index < -0.39 is 5.91 Å². The van der Waals surface area contributed by atoms with Crippen LogP contribution in [0.5, 0.6) is 5.75 Å². The Hall–Kier alpha value is -3.52. The highest BCUT2D eigenvalue weighted by Gasteiger charge is 2.13. The highest BCUT2D eigenvalue weighted by molar-refractivity contribution is 7.18. The third-order valence-corrected chi connectivity index (χ3v) is 6.20. The molecule has 2 aromatic carbocycles. The normalized spacial score (nSPS) is 11.5. The minimum Gasteiger partial charge on any atom is -0.493 e. The molecule has 0 aliphatic heterocycles. The number of hydrogen-bond donors (Lipinski definition) is 1. The number of carbonyl (C=O) groups excluding carboxylic acids is 1. The first kappa shape index (κ1) is 20.7. The monoisotopic (exact) mass is 434 g/mol. The van der Waals surface area contributed by atoms with Crippen LogP contribution in [0.3, 0.4) is 0 Å². The molecule has 0 fully saturated rings. The van der Waals surface area contributed by atoms with E-state index in [0.29, 0.717) is 22.6 Å². The minimum atomic E-state index is -0.415. The van der Waals surface area contributed by atoms with Gasteiger partial charge in [0.1, 0.15) is 17.1 Å². The molecular formula is C23H22N4O3S. The number of aromatic nitrogens is 2. The quantitative estimate of drug-likeness (QED) is 0.370. The summed E-state index contributed by atoms with van der Waals surface area (Å²) in [6.07, 6.45) is 2.98. The lowest BCUT2D eigenvalue weighted by Gasteiger charge is -2.10. The molecule has 4 aromatic rings. The molecule has 0 saturated carbocycles. The maximum atomic E-state index is 12.8. The van der Waals surface area contributed by atoms with Crippen LogP contribution in [-0.4, -0.2) is 28.3 Å². The largest absolute Gasteiger partial charge is 0.493 e. The van der Waals surface area contributed by atoms with E-state index in [1.165, 1.54) is 22.2 Å². The lowest BCUT2D eigenvalue weighted by atomic mass is 10.0. The summed E-state index contributed by atoms with van der Waals surface area (Å²) in [6, 6.07) is 11.8. The number of ether oxygens (including phenoxy) is 1. The highest BCUT2D eigenvalue weighted by atomic mass is 32.1. The van der Waals surface area contributed by atoms with Crippen LogP contribution in [-0.2, 0) is 11.3 Å². The maximum absolute atomic E-state index is 12.8. The second-order valence-corrected chi connectivity index (χ2v) is 8.27. The van der Waals surface area contributed by atoms with E-state index in [1.807, 2.05) is 57.2 Å². The van der Waals surface area contributed by atoms with Crippen molar-refractivity contribution in [3.05, 3.63) is 69.1 Å². The topological polar surface area (TPSA) is 85.6 Å². The first-order valence-corrected chi connectivity index (χ1v) is 10.7. The highest BCUT2D eigenvalue weighted by Crippen LogP contribution is 2.27. The zero-order valence-corrected chi connectivity index (χ0v) is 18.3. The number of hydrogen-bond acceptors (Lipinski definition) is 6. The molecular weight excluding hydrogens is 412 g/mol. The molecule has 0 aliphatic rings. The average Bonchev–Trinajstić information content (AvgIpc) is 3.06. The molecule has 2 aromatic heterocycles. The van der Waals surface area contributed by atoms with Crippen LogP contribution in [0.4, 0.5) is 0 Å². The minimum absolute atomic E-state index is 0.165. The van der Waals surface area contributed by atoms with Gasteiger partial charge in [0.25, 0.3) is 11.5 Å². The number of carbonyl (C=O) groups is 1. The van der Waals surface area contributed by atoms with Gasteiger partial charge in [-0.2, -0.15) is 5.10 Å². The number of aryl methyl sites for hydroxylation is 2. The van der Waals surface area contributed by atoms with Crippen LogP contribution in [0.25, 0.3) is 21.0 Å². The molecule has 158 valence electrons. The molecule has 0 radical (unpaired) electrons. The zero-order chi connectivity index (χ0) is 22.0. The third kappa shape index (κ3) is 4.06. The van der Waals surface area contributed by atoms with Crippen molar-refractivity contribution in [3.8, 4) is 5.75 Å². The molecule has 8 heteroatoms. The van der Waals surface area contributed by atoms with Crippen molar-refractivity contribution >= 4 is 44.4 Å². The number of nitrogens with zero attached hydrogens (tertiary/aromatic N) is 3. The summed E-state index contributed by atoms with van der Waals surface area (Å²) >= 11 is 1.48. The summed E-state index contributed by atoms with van der Waals surface area (Å²) in [5.74, 6) is 0.274. The number of nitrogens with one attached hydrogen (secondary N) is 1. The molecule has 0 saturated heterocycles. The maximum Gasteiger partial charge on any atom is 0.262 e. The van der Waals surface area contributed by atoms with Crippen molar-refractivity contribution in [1.29, 1.82) is 0 Å². The second-order valence-electron chi connectivity index (χ2n) is 7.07. The Labute approximate surface area is 183 Å². The van der Waals surface area contributed by atoms with E-state index in [2.05, 4.69) is 15.5 Å². The van der Waals surface area contributed by atoms with Crippen molar-refractivity contribution in [2.45, 2.75) is 27.3 Å². The molecule has 31 heavy (non-hydrogen) atoms. The fraction of sp³-hybridized carbons (Fsp3) is 0.217. The number of fused-ring (bicyclic) bond motifs is 2. The number of rotatable bonds is 6. The number of thiophene rings is 1. The van der Waals surface area contributed by atoms with Gasteiger partial charge < -0.3 is 4.74 Å². The number of hydrazone groups is 1. The van der Waals surface area contributed by atoms with E-state index in [0.717, 1.165) is 26.8 Å². The molecule has 0 aliphatic carbocycles. The lowest BCUT2D eigenvalue weighted by Crippen LogP contribution is -2.30. The summed E-state index contributed by atoms with van der Waals surface area (Å²) < 4.78 is 7.01. The van der Waals surface area contributed by atoms with Crippen molar-refractivity contribution in [3.63, 3.8) is 0 Å². The van der Waals surface area contributed by atoms with Crippen LogP contribution >= 0.6 is 11.3 Å². The van der Waals surface area contributed by atoms with E-state index in [4.69, 9.17) is 4.74 Å². The summed E-state index contributed by atoms with van der Waals surface area (Å²) in [4.78, 5) is 31.2. The van der Waals surface area contributed by atoms with Gasteiger partial charge in [-0.15, -0.1) is 11.3 Å². The van der Waals surface area contributed by atoms with E-state index in [1.54, 1.807) is 6.21 Å². The molecule has 0 unspecified atom stereocenters. The van der Waals surface area contributed by atoms with Gasteiger partial charge in [0.05, 0.1) is 24.5 Å². The number of amides is 1. The summed E-state index contributed by atoms with van der Waals surface area (Å²) in [5, 5.41) is 6.69. The fourth-order valence-electron chi connectivity index (χ4n) is 3.43. The van der Waals surface area contributed by atoms with Crippen molar-refractivity contribution in [1.82, 2.24) is 15.0 Å². The van der Waals surface area contributed by atoms with Crippen LogP contribution < -0.4 is 15.7 Å². The van der Waals surface area contributed by atoms with Crippen molar-refractivity contribution in [2.24, 2.45) is 5.10 Å². The summed E-state index contributed by atoms with van der Waals surface area (Å²) in [5.41, 5.74) is 3.96. The Morgan fingerprint density at radius 1 is 1.26 bits per heavy atom. The smallest absolute Gasteiger partial charge is 0.262 e. The molecule has 4 rings (SSSR count). The molecule has 0 bridgehead atoms. The van der Waals surface area contributed by atoms with E-state index in [9.17, 15) is 9.59 Å². The van der Waals surface area contributed by atoms with Crippen molar-refractivity contribution in [2.75, 3.05) is 6.61 Å². The van der Waals surface area contributed by atoms with Crippen LogP contribution in [0.15, 0.2) is 52.6 Å². The molecule has 2 heterocycles. The standard InChI is InChI=1S/C23H22N4O3S/c1-4-30-19-10-9-16-7-5-6-8-17(16)18(19)11-25-26-20(28)12-27-13-24-22-21(23(27)29)14(2)15(3)31-22/h5-11,13H,4,12H2,1-3H3,(H,26,28)/b25-11+. The molecule has 0 atom stereocenters. The Balaban J connectivity index is 1.55. The summed E-state index contributed by atoms with van der Waals surface area (Å²) in [7, 11) is 0. The Bertz CT molecular complexity index is 1370. The van der Waals surface area contributed by atoms with Gasteiger partial charge in [0.15, 0.2) is 0 Å². The van der Waals surface area contributed by atoms with Gasteiger partial charge in [-0.05, 0) is 43.2 Å². The van der Waals surface area contributed by atoms with Crippen LogP contribution in [0, 0.1) is 13.8 Å². The average molecular weight is 435 g/mol. The lowest BCUT2D eigenvalue weighted by molar-refractivity contribution is -0.121. The van der Waals surface area contributed by atoms with Gasteiger partial charge >= 0.3 is 0 Å². The Morgan fingerprint density at radius 3 is 2.87 bits per heavy atom. The van der Waals surface area contributed by atoms with Gasteiger partial charge in [-0.1, -0.05) is 30.3 Å². The van der Waals surface area contributed by atoms with Gasteiger partial charge in [-0.3, -0.25) is 14.2 Å². The zero-order valence-electron chi connectivity index (χ0n) is 17.5. The van der Waals surface area contributed by atoms with Crippen LogP contribution in [0.1, 0.15) is 22.9 Å². The van der Waals surface area contributed by atoms with Gasteiger partial charge in [-0.25, -0.2) is 10.4 Å². The first-order chi connectivity index (χ1) is 15.0. The fourth-order valence-corrected chi connectivity index (χ4v) is 4.42. The SMILES string of the molecule is CCOc1ccc2ccccc2c1/C=N/NC(=O)Cn1cnc2sc(C)c(C)c2c1=O. The predicted octanol–water partition coefficient (Wildman–Crippen LogP) is 3.78. The molecule has 0 spiro atoms. The van der Waals surface area contributed by atoms with Gasteiger partial charge in [0.2, 0.25) is 0 Å².